The van der Waals surface area contributed by atoms with E-state index >= 15 is 0 Å². The largest absolute Gasteiger partial charge is 0.478 e. The van der Waals surface area contributed by atoms with Crippen LogP contribution in [0.5, 0.6) is 0 Å². The highest BCUT2D eigenvalue weighted by molar-refractivity contribution is 5.95. The number of aromatic amines is 1. The standard InChI is InChI=1S/C13H14N2O2/c1-15-5-4-12-10(7-15)9-6-8(13(16)17)2-3-11(9)14-12/h2-3,6,14H,4-5,7H2,1H3,(H,16,17). The molecule has 1 aliphatic heterocycles. The highest BCUT2D eigenvalue weighted by Crippen LogP contribution is 2.27. The number of hydrogen-bond donors (Lipinski definition) is 2. The molecule has 4 nitrogen and oxygen atoms in total. The van der Waals surface area contributed by atoms with E-state index < -0.39 is 5.97 Å². The second-order valence-corrected chi connectivity index (χ2v) is 4.64. The summed E-state index contributed by atoms with van der Waals surface area (Å²) in [6.45, 7) is 1.93. The van der Waals surface area contributed by atoms with E-state index in [2.05, 4.69) is 16.9 Å². The van der Waals surface area contributed by atoms with Crippen molar-refractivity contribution in [3.05, 3.63) is 35.0 Å². The number of carbonyl (C=O) groups is 1. The van der Waals surface area contributed by atoms with E-state index in [-0.39, 0.29) is 0 Å². The number of aromatic nitrogens is 1. The molecular formula is C13H14N2O2. The zero-order valence-corrected chi connectivity index (χ0v) is 9.66. The summed E-state index contributed by atoms with van der Waals surface area (Å²) in [7, 11) is 2.09. The molecule has 17 heavy (non-hydrogen) atoms. The first-order chi connectivity index (χ1) is 8.15. The summed E-state index contributed by atoms with van der Waals surface area (Å²) in [5, 5.41) is 10.1. The predicted octanol–water partition coefficient (Wildman–Crippen LogP) is 1.85. The topological polar surface area (TPSA) is 56.3 Å². The number of H-pyrrole nitrogens is 1. The number of rotatable bonds is 1. The third-order valence-corrected chi connectivity index (χ3v) is 3.41. The SMILES string of the molecule is CN1CCc2[nH]c3ccc(C(=O)O)cc3c2C1. The average molecular weight is 230 g/mol. The quantitative estimate of drug-likeness (QED) is 0.786. The van der Waals surface area contributed by atoms with Gasteiger partial charge in [-0.15, -0.1) is 0 Å². The third kappa shape index (κ3) is 1.61. The zero-order chi connectivity index (χ0) is 12.0. The number of hydrogen-bond acceptors (Lipinski definition) is 2. The lowest BCUT2D eigenvalue weighted by Gasteiger charge is -2.22. The van der Waals surface area contributed by atoms with Gasteiger partial charge in [-0.3, -0.25) is 0 Å². The first-order valence-electron chi connectivity index (χ1n) is 5.70. The first-order valence-corrected chi connectivity index (χ1v) is 5.70. The number of benzene rings is 1. The van der Waals surface area contributed by atoms with Crippen LogP contribution < -0.4 is 0 Å². The maximum atomic E-state index is 11.0. The van der Waals surface area contributed by atoms with Crippen molar-refractivity contribution < 1.29 is 9.90 Å². The van der Waals surface area contributed by atoms with E-state index in [1.807, 2.05) is 6.07 Å². The fourth-order valence-electron chi connectivity index (χ4n) is 2.48. The van der Waals surface area contributed by atoms with E-state index in [4.69, 9.17) is 5.11 Å². The lowest BCUT2D eigenvalue weighted by Crippen LogP contribution is -2.26. The van der Waals surface area contributed by atoms with Crippen LogP contribution in [0.2, 0.25) is 0 Å². The fourth-order valence-corrected chi connectivity index (χ4v) is 2.48. The number of carboxylic acids is 1. The first kappa shape index (κ1) is 10.4. The molecule has 3 rings (SSSR count). The molecule has 0 saturated heterocycles. The Balaban J connectivity index is 2.21. The summed E-state index contributed by atoms with van der Waals surface area (Å²) in [5.74, 6) is -0.869. The van der Waals surface area contributed by atoms with Gasteiger partial charge in [0, 0.05) is 36.1 Å². The van der Waals surface area contributed by atoms with Gasteiger partial charge in [0.15, 0.2) is 0 Å². The van der Waals surface area contributed by atoms with Crippen molar-refractivity contribution >= 4 is 16.9 Å². The molecule has 2 heterocycles. The molecule has 1 aliphatic rings. The van der Waals surface area contributed by atoms with Crippen LogP contribution >= 0.6 is 0 Å². The van der Waals surface area contributed by atoms with Crippen molar-refractivity contribution in [2.45, 2.75) is 13.0 Å². The monoisotopic (exact) mass is 230 g/mol. The number of likely N-dealkylation sites (N-methyl/N-ethyl adjacent to an activating group) is 1. The minimum absolute atomic E-state index is 0.354. The number of nitrogens with zero attached hydrogens (tertiary/aromatic N) is 1. The summed E-state index contributed by atoms with van der Waals surface area (Å²) < 4.78 is 0. The Kier molecular flexibility index (Phi) is 2.19. The Hall–Kier alpha value is -1.81. The average Bonchev–Trinajstić information content (AvgIpc) is 2.66. The minimum atomic E-state index is -0.869. The number of fused-ring (bicyclic) bond motifs is 3. The maximum absolute atomic E-state index is 11.0. The van der Waals surface area contributed by atoms with E-state index in [1.165, 1.54) is 11.3 Å². The molecule has 0 atom stereocenters. The predicted molar refractivity (Wildman–Crippen MR) is 65.3 cm³/mol. The molecule has 0 unspecified atom stereocenters. The van der Waals surface area contributed by atoms with Crippen molar-refractivity contribution in [1.29, 1.82) is 0 Å². The second kappa shape index (κ2) is 3.60. The van der Waals surface area contributed by atoms with Crippen molar-refractivity contribution in [1.82, 2.24) is 9.88 Å². The molecule has 0 fully saturated rings. The molecule has 88 valence electrons. The summed E-state index contributed by atoms with van der Waals surface area (Å²) in [6.07, 6.45) is 1.00. The fraction of sp³-hybridized carbons (Fsp3) is 0.308. The highest BCUT2D eigenvalue weighted by atomic mass is 16.4. The molecule has 2 N–H and O–H groups in total. The Labute approximate surface area is 98.9 Å². The van der Waals surface area contributed by atoms with Crippen molar-refractivity contribution in [2.75, 3.05) is 13.6 Å². The van der Waals surface area contributed by atoms with Crippen LogP contribution in [0.3, 0.4) is 0 Å². The van der Waals surface area contributed by atoms with Gasteiger partial charge in [0.25, 0.3) is 0 Å². The number of nitrogens with one attached hydrogen (secondary N) is 1. The van der Waals surface area contributed by atoms with Crippen molar-refractivity contribution in [2.24, 2.45) is 0 Å². The second-order valence-electron chi connectivity index (χ2n) is 4.64. The lowest BCUT2D eigenvalue weighted by atomic mass is 10.0. The molecule has 0 amide bonds. The van der Waals surface area contributed by atoms with Crippen LogP contribution in [0.1, 0.15) is 21.6 Å². The van der Waals surface area contributed by atoms with Gasteiger partial charge in [-0.25, -0.2) is 4.79 Å². The normalized spacial score (nSPS) is 16.1. The molecule has 2 aromatic rings. The highest BCUT2D eigenvalue weighted by Gasteiger charge is 2.18. The van der Waals surface area contributed by atoms with E-state index in [0.29, 0.717) is 5.56 Å². The van der Waals surface area contributed by atoms with Crippen molar-refractivity contribution in [3.63, 3.8) is 0 Å². The van der Waals surface area contributed by atoms with E-state index in [9.17, 15) is 4.79 Å². The summed E-state index contributed by atoms with van der Waals surface area (Å²) in [5.41, 5.74) is 3.89. The molecule has 0 aliphatic carbocycles. The number of carboxylic acid groups (broad SMARTS) is 1. The molecule has 0 saturated carbocycles. The van der Waals surface area contributed by atoms with Gasteiger partial charge < -0.3 is 15.0 Å². The molecule has 1 aromatic carbocycles. The van der Waals surface area contributed by atoms with Gasteiger partial charge in [0.2, 0.25) is 0 Å². The Bertz CT molecular complexity index is 601. The molecule has 0 spiro atoms. The van der Waals surface area contributed by atoms with Crippen LogP contribution in [0.15, 0.2) is 18.2 Å². The zero-order valence-electron chi connectivity index (χ0n) is 9.66. The van der Waals surface area contributed by atoms with E-state index in [1.54, 1.807) is 12.1 Å². The van der Waals surface area contributed by atoms with Gasteiger partial charge in [0.05, 0.1) is 5.56 Å². The summed E-state index contributed by atoms with van der Waals surface area (Å²) in [6, 6.07) is 5.28. The van der Waals surface area contributed by atoms with E-state index in [0.717, 1.165) is 30.4 Å². The smallest absolute Gasteiger partial charge is 0.335 e. The molecule has 4 heteroatoms. The Morgan fingerprint density at radius 3 is 3.06 bits per heavy atom. The summed E-state index contributed by atoms with van der Waals surface area (Å²) >= 11 is 0. The van der Waals surface area contributed by atoms with Crippen LogP contribution in [0.25, 0.3) is 10.9 Å². The maximum Gasteiger partial charge on any atom is 0.335 e. The molecule has 0 radical (unpaired) electrons. The van der Waals surface area contributed by atoms with Gasteiger partial charge >= 0.3 is 5.97 Å². The van der Waals surface area contributed by atoms with Gasteiger partial charge in [-0.05, 0) is 30.8 Å². The third-order valence-electron chi connectivity index (χ3n) is 3.41. The molecular weight excluding hydrogens is 216 g/mol. The minimum Gasteiger partial charge on any atom is -0.478 e. The van der Waals surface area contributed by atoms with Crippen LogP contribution in [0, 0.1) is 0 Å². The van der Waals surface area contributed by atoms with Crippen LogP contribution in [-0.2, 0) is 13.0 Å². The van der Waals surface area contributed by atoms with Gasteiger partial charge in [-0.2, -0.15) is 0 Å². The van der Waals surface area contributed by atoms with Gasteiger partial charge in [0.1, 0.15) is 0 Å². The Morgan fingerprint density at radius 1 is 1.47 bits per heavy atom. The van der Waals surface area contributed by atoms with Gasteiger partial charge in [-0.1, -0.05) is 0 Å². The molecule has 0 bridgehead atoms. The van der Waals surface area contributed by atoms with Crippen molar-refractivity contribution in [3.8, 4) is 0 Å². The van der Waals surface area contributed by atoms with Crippen LogP contribution in [0.4, 0.5) is 0 Å². The van der Waals surface area contributed by atoms with Crippen LogP contribution in [-0.4, -0.2) is 34.6 Å². The molecule has 1 aromatic heterocycles. The lowest BCUT2D eigenvalue weighted by molar-refractivity contribution is 0.0697. The Morgan fingerprint density at radius 2 is 2.29 bits per heavy atom. The summed E-state index contributed by atoms with van der Waals surface area (Å²) in [4.78, 5) is 16.6. The number of aromatic carboxylic acids is 1.